The molecule has 0 atom stereocenters. The van der Waals surface area contributed by atoms with Crippen molar-refractivity contribution < 1.29 is 4.74 Å². The number of nitrogens with zero attached hydrogens (tertiary/aromatic N) is 3. The van der Waals surface area contributed by atoms with E-state index in [9.17, 15) is 0 Å². The molecule has 1 aromatic rings. The SMILES string of the molecule is COCCc1nnc(CBr)n1C. The minimum atomic E-state index is 0.689. The number of hydrogen-bond donors (Lipinski definition) is 0. The third-order valence-electron chi connectivity index (χ3n) is 1.70. The predicted octanol–water partition coefficient (Wildman–Crippen LogP) is 0.899. The Hall–Kier alpha value is -0.420. The number of ether oxygens (including phenoxy) is 1. The summed E-state index contributed by atoms with van der Waals surface area (Å²) in [4.78, 5) is 0. The second kappa shape index (κ2) is 4.57. The highest BCUT2D eigenvalue weighted by atomic mass is 79.9. The zero-order chi connectivity index (χ0) is 8.97. The molecule has 12 heavy (non-hydrogen) atoms. The average molecular weight is 234 g/mol. The summed E-state index contributed by atoms with van der Waals surface area (Å²) in [7, 11) is 3.64. The van der Waals surface area contributed by atoms with E-state index in [1.54, 1.807) is 7.11 Å². The van der Waals surface area contributed by atoms with Gasteiger partial charge in [-0.3, -0.25) is 0 Å². The number of aromatic nitrogens is 3. The van der Waals surface area contributed by atoms with E-state index < -0.39 is 0 Å². The van der Waals surface area contributed by atoms with E-state index in [4.69, 9.17) is 4.74 Å². The van der Waals surface area contributed by atoms with Crippen molar-refractivity contribution in [2.24, 2.45) is 7.05 Å². The molecule has 0 spiro atoms. The summed E-state index contributed by atoms with van der Waals surface area (Å²) in [6, 6.07) is 0. The third kappa shape index (κ3) is 2.04. The molecule has 0 aliphatic carbocycles. The van der Waals surface area contributed by atoms with Gasteiger partial charge in [-0.15, -0.1) is 10.2 Å². The van der Waals surface area contributed by atoms with Crippen LogP contribution in [0.25, 0.3) is 0 Å². The monoisotopic (exact) mass is 233 g/mol. The number of halogens is 1. The molecule has 68 valence electrons. The molecule has 0 radical (unpaired) electrons. The Bertz CT molecular complexity index is 249. The molecule has 0 fully saturated rings. The van der Waals surface area contributed by atoms with Crippen molar-refractivity contribution in [2.45, 2.75) is 11.8 Å². The maximum Gasteiger partial charge on any atom is 0.143 e. The van der Waals surface area contributed by atoms with Crippen molar-refractivity contribution in [3.05, 3.63) is 11.6 Å². The molecule has 1 aromatic heterocycles. The number of hydrogen-bond acceptors (Lipinski definition) is 3. The molecule has 0 aliphatic heterocycles. The summed E-state index contributed by atoms with van der Waals surface area (Å²) in [6.07, 6.45) is 0.812. The van der Waals surface area contributed by atoms with E-state index in [1.165, 1.54) is 0 Å². The normalized spacial score (nSPS) is 10.6. The van der Waals surface area contributed by atoms with Crippen molar-refractivity contribution in [1.29, 1.82) is 0 Å². The Balaban J connectivity index is 2.66. The molecule has 0 bridgehead atoms. The van der Waals surface area contributed by atoms with Gasteiger partial charge in [-0.2, -0.15) is 0 Å². The van der Waals surface area contributed by atoms with E-state index in [0.717, 1.165) is 23.4 Å². The topological polar surface area (TPSA) is 39.9 Å². The van der Waals surface area contributed by atoms with Crippen LogP contribution in [-0.4, -0.2) is 28.5 Å². The van der Waals surface area contributed by atoms with Crippen molar-refractivity contribution in [3.8, 4) is 0 Å². The first-order chi connectivity index (χ1) is 5.79. The van der Waals surface area contributed by atoms with Gasteiger partial charge in [0.2, 0.25) is 0 Å². The Labute approximate surface area is 80.1 Å². The molecule has 0 aromatic carbocycles. The van der Waals surface area contributed by atoms with Crippen LogP contribution in [0.15, 0.2) is 0 Å². The van der Waals surface area contributed by atoms with Crippen LogP contribution < -0.4 is 0 Å². The highest BCUT2D eigenvalue weighted by Crippen LogP contribution is 2.03. The fraction of sp³-hybridized carbons (Fsp3) is 0.714. The Morgan fingerprint density at radius 2 is 2.08 bits per heavy atom. The second-order valence-corrected chi connectivity index (χ2v) is 3.03. The molecular weight excluding hydrogens is 222 g/mol. The summed E-state index contributed by atoms with van der Waals surface area (Å²) in [5.74, 6) is 1.91. The highest BCUT2D eigenvalue weighted by molar-refractivity contribution is 9.08. The molecule has 0 amide bonds. The van der Waals surface area contributed by atoms with Crippen molar-refractivity contribution in [2.75, 3.05) is 13.7 Å². The Kier molecular flexibility index (Phi) is 3.68. The van der Waals surface area contributed by atoms with E-state index in [0.29, 0.717) is 6.61 Å². The fourth-order valence-corrected chi connectivity index (χ4v) is 1.41. The van der Waals surface area contributed by atoms with Gasteiger partial charge in [0.15, 0.2) is 0 Å². The first-order valence-electron chi connectivity index (χ1n) is 3.71. The van der Waals surface area contributed by atoms with Crippen LogP contribution in [0.4, 0.5) is 0 Å². The summed E-state index contributed by atoms with van der Waals surface area (Å²) >= 11 is 3.34. The molecular formula is C7H12BrN3O. The van der Waals surface area contributed by atoms with Gasteiger partial charge >= 0.3 is 0 Å². The Morgan fingerprint density at radius 3 is 2.58 bits per heavy atom. The zero-order valence-corrected chi connectivity index (χ0v) is 8.84. The van der Waals surface area contributed by atoms with Gasteiger partial charge in [0, 0.05) is 20.6 Å². The second-order valence-electron chi connectivity index (χ2n) is 2.47. The van der Waals surface area contributed by atoms with E-state index in [2.05, 4.69) is 26.1 Å². The highest BCUT2D eigenvalue weighted by Gasteiger charge is 2.05. The predicted molar refractivity (Wildman–Crippen MR) is 49.2 cm³/mol. The van der Waals surface area contributed by atoms with Gasteiger partial charge in [0.05, 0.1) is 11.9 Å². The van der Waals surface area contributed by atoms with Crippen LogP contribution in [0.3, 0.4) is 0 Å². The maximum absolute atomic E-state index is 4.95. The van der Waals surface area contributed by atoms with Gasteiger partial charge in [0.25, 0.3) is 0 Å². The van der Waals surface area contributed by atoms with Gasteiger partial charge in [-0.25, -0.2) is 0 Å². The molecule has 4 nitrogen and oxygen atoms in total. The lowest BCUT2D eigenvalue weighted by Crippen LogP contribution is -2.04. The van der Waals surface area contributed by atoms with Crippen LogP contribution in [0.5, 0.6) is 0 Å². The summed E-state index contributed by atoms with van der Waals surface area (Å²) in [6.45, 7) is 0.689. The molecule has 0 saturated carbocycles. The van der Waals surface area contributed by atoms with Gasteiger partial charge in [0.1, 0.15) is 11.6 Å². The molecule has 0 aliphatic rings. The van der Waals surface area contributed by atoms with Crippen molar-refractivity contribution in [3.63, 3.8) is 0 Å². The van der Waals surface area contributed by atoms with Gasteiger partial charge in [-0.1, -0.05) is 15.9 Å². The quantitative estimate of drug-likeness (QED) is 0.726. The summed E-state index contributed by atoms with van der Waals surface area (Å²) in [5, 5.41) is 8.76. The minimum absolute atomic E-state index is 0.689. The van der Waals surface area contributed by atoms with Gasteiger partial charge < -0.3 is 9.30 Å². The van der Waals surface area contributed by atoms with Crippen LogP contribution in [-0.2, 0) is 23.5 Å². The van der Waals surface area contributed by atoms with Crippen molar-refractivity contribution >= 4 is 15.9 Å². The van der Waals surface area contributed by atoms with Crippen LogP contribution in [0, 0.1) is 0 Å². The summed E-state index contributed by atoms with van der Waals surface area (Å²) in [5.41, 5.74) is 0. The largest absolute Gasteiger partial charge is 0.384 e. The molecule has 1 rings (SSSR count). The van der Waals surface area contributed by atoms with Crippen LogP contribution >= 0.6 is 15.9 Å². The fourth-order valence-electron chi connectivity index (χ4n) is 0.926. The van der Waals surface area contributed by atoms with Gasteiger partial charge in [-0.05, 0) is 0 Å². The summed E-state index contributed by atoms with van der Waals surface area (Å²) < 4.78 is 6.93. The molecule has 1 heterocycles. The first kappa shape index (κ1) is 9.67. The Morgan fingerprint density at radius 1 is 1.42 bits per heavy atom. The molecule has 0 N–H and O–H groups in total. The first-order valence-corrected chi connectivity index (χ1v) is 4.83. The number of alkyl halides is 1. The lowest BCUT2D eigenvalue weighted by molar-refractivity contribution is 0.199. The maximum atomic E-state index is 4.95. The lowest BCUT2D eigenvalue weighted by Gasteiger charge is -2.00. The standard InChI is InChI=1S/C7H12BrN3O/c1-11-6(3-4-12-2)9-10-7(11)5-8/h3-5H2,1-2H3. The van der Waals surface area contributed by atoms with Crippen LogP contribution in [0.2, 0.25) is 0 Å². The van der Waals surface area contributed by atoms with E-state index in [1.807, 2.05) is 11.6 Å². The smallest absolute Gasteiger partial charge is 0.143 e. The lowest BCUT2D eigenvalue weighted by atomic mass is 10.4. The van der Waals surface area contributed by atoms with E-state index in [-0.39, 0.29) is 0 Å². The zero-order valence-electron chi connectivity index (χ0n) is 7.25. The molecule has 0 unspecified atom stereocenters. The van der Waals surface area contributed by atoms with Crippen LogP contribution in [0.1, 0.15) is 11.6 Å². The minimum Gasteiger partial charge on any atom is -0.384 e. The average Bonchev–Trinajstić information content (AvgIpc) is 2.43. The third-order valence-corrected chi connectivity index (χ3v) is 2.21. The molecule has 0 saturated heterocycles. The van der Waals surface area contributed by atoms with Crippen molar-refractivity contribution in [1.82, 2.24) is 14.8 Å². The number of rotatable bonds is 4. The van der Waals surface area contributed by atoms with E-state index >= 15 is 0 Å². The molecule has 5 heteroatoms. The number of methoxy groups -OCH3 is 1.